The Morgan fingerprint density at radius 1 is 0.818 bits per heavy atom. The topological polar surface area (TPSA) is 0 Å². The molecule has 0 amide bonds. The molecule has 0 aromatic heterocycles. The monoisotopic (exact) mass is 154 g/mol. The fourth-order valence-corrected chi connectivity index (χ4v) is 1.98. The predicted octanol–water partition coefficient (Wildman–Crippen LogP) is 4.15. The summed E-state index contributed by atoms with van der Waals surface area (Å²) in [7, 11) is 0. The van der Waals surface area contributed by atoms with E-state index >= 15 is 0 Å². The van der Waals surface area contributed by atoms with Gasteiger partial charge in [-0.15, -0.1) is 0 Å². The Labute approximate surface area is 71.4 Å². The Morgan fingerprint density at radius 3 is 1.55 bits per heavy atom. The Balaban J connectivity index is 0.000000179. The van der Waals surface area contributed by atoms with Crippen molar-refractivity contribution in [3.05, 3.63) is 0 Å². The molecule has 0 heteroatoms. The number of rotatable bonds is 0. The van der Waals surface area contributed by atoms with E-state index in [1.165, 1.54) is 25.7 Å². The van der Waals surface area contributed by atoms with Gasteiger partial charge in [0.2, 0.25) is 0 Å². The fourth-order valence-electron chi connectivity index (χ4n) is 1.98. The van der Waals surface area contributed by atoms with E-state index in [4.69, 9.17) is 0 Å². The smallest absolute Gasteiger partial charge is 0.0297 e. The fraction of sp³-hybridized carbons (Fsp3) is 1.00. The zero-order chi connectivity index (χ0) is 8.16. The van der Waals surface area contributed by atoms with Crippen molar-refractivity contribution < 1.29 is 0 Å². The van der Waals surface area contributed by atoms with Crippen LogP contribution >= 0.6 is 0 Å². The molecule has 0 aromatic carbocycles. The molecule has 0 saturated heterocycles. The molecule has 0 unspecified atom stereocenters. The first-order valence-electron chi connectivity index (χ1n) is 5.33. The van der Waals surface area contributed by atoms with Crippen LogP contribution in [0.3, 0.4) is 0 Å². The van der Waals surface area contributed by atoms with Crippen molar-refractivity contribution in [3.63, 3.8) is 0 Å². The van der Waals surface area contributed by atoms with Gasteiger partial charge < -0.3 is 0 Å². The van der Waals surface area contributed by atoms with Crippen molar-refractivity contribution in [1.29, 1.82) is 0 Å². The van der Waals surface area contributed by atoms with Crippen LogP contribution in [0, 0.1) is 5.41 Å². The van der Waals surface area contributed by atoms with Crippen molar-refractivity contribution in [2.45, 2.75) is 65.2 Å². The van der Waals surface area contributed by atoms with Gasteiger partial charge in [0.15, 0.2) is 0 Å². The molecule has 2 rings (SSSR count). The van der Waals surface area contributed by atoms with Crippen LogP contribution in [-0.4, -0.2) is 0 Å². The minimum absolute atomic E-state index is 0.929. The van der Waals surface area contributed by atoms with E-state index in [0.717, 1.165) is 5.41 Å². The summed E-state index contributed by atoms with van der Waals surface area (Å²) in [6, 6.07) is 0. The lowest BCUT2D eigenvalue weighted by molar-refractivity contribution is 0.337. The summed E-state index contributed by atoms with van der Waals surface area (Å²) < 4.78 is 0. The molecule has 0 aliphatic heterocycles. The summed E-state index contributed by atoms with van der Waals surface area (Å²) >= 11 is 0. The summed E-state index contributed by atoms with van der Waals surface area (Å²) in [5.41, 5.74) is 0.929. The van der Waals surface area contributed by atoms with E-state index in [9.17, 15) is 0 Å². The van der Waals surface area contributed by atoms with Gasteiger partial charge in [-0.1, -0.05) is 39.5 Å². The molecule has 0 nitrogen and oxygen atoms in total. The third-order valence-electron chi connectivity index (χ3n) is 2.87. The standard InChI is InChI=1S/C8H14.C3H8/c1-2-4-8(5-3-1)6-7-8;1-3-2/h1-7H2;3H2,1-2H3. The molecular formula is C11H22. The molecule has 0 heterocycles. The van der Waals surface area contributed by atoms with E-state index in [1.807, 2.05) is 0 Å². The highest BCUT2D eigenvalue weighted by atomic mass is 14.5. The van der Waals surface area contributed by atoms with Crippen molar-refractivity contribution in [2.24, 2.45) is 5.41 Å². The molecule has 1 spiro atoms. The lowest BCUT2D eigenvalue weighted by atomic mass is 9.87. The van der Waals surface area contributed by atoms with Crippen LogP contribution < -0.4 is 0 Å². The van der Waals surface area contributed by atoms with E-state index in [-0.39, 0.29) is 0 Å². The van der Waals surface area contributed by atoms with E-state index in [1.54, 1.807) is 25.7 Å². The maximum absolute atomic E-state index is 2.12. The summed E-state index contributed by atoms with van der Waals surface area (Å²) in [5, 5.41) is 0. The Hall–Kier alpha value is 0. The van der Waals surface area contributed by atoms with Gasteiger partial charge in [-0.05, 0) is 31.1 Å². The van der Waals surface area contributed by atoms with Crippen LogP contribution in [0.4, 0.5) is 0 Å². The first-order valence-corrected chi connectivity index (χ1v) is 5.33. The van der Waals surface area contributed by atoms with E-state index in [2.05, 4.69) is 13.8 Å². The predicted molar refractivity (Wildman–Crippen MR) is 50.7 cm³/mol. The first-order chi connectivity index (χ1) is 5.33. The Bertz CT molecular complexity index is 92.6. The average molecular weight is 154 g/mol. The molecule has 0 aromatic rings. The second-order valence-electron chi connectivity index (χ2n) is 4.27. The van der Waals surface area contributed by atoms with Crippen LogP contribution in [-0.2, 0) is 0 Å². The van der Waals surface area contributed by atoms with Gasteiger partial charge in [-0.25, -0.2) is 0 Å². The average Bonchev–Trinajstić information content (AvgIpc) is 2.73. The largest absolute Gasteiger partial charge is 0.0656 e. The quantitative estimate of drug-likeness (QED) is 0.492. The summed E-state index contributed by atoms with van der Waals surface area (Å²) in [6.45, 7) is 4.25. The molecule has 0 N–H and O–H groups in total. The zero-order valence-corrected chi connectivity index (χ0v) is 8.16. The maximum atomic E-state index is 2.12. The second kappa shape index (κ2) is 4.13. The summed E-state index contributed by atoms with van der Waals surface area (Å²) in [5.74, 6) is 0. The third-order valence-corrected chi connectivity index (χ3v) is 2.87. The molecule has 0 radical (unpaired) electrons. The molecule has 2 aliphatic rings. The first kappa shape index (κ1) is 9.09. The van der Waals surface area contributed by atoms with Crippen molar-refractivity contribution in [3.8, 4) is 0 Å². The van der Waals surface area contributed by atoms with Gasteiger partial charge in [0.05, 0.1) is 0 Å². The Morgan fingerprint density at radius 2 is 1.27 bits per heavy atom. The number of hydrogen-bond donors (Lipinski definition) is 0. The van der Waals surface area contributed by atoms with Crippen LogP contribution in [0.2, 0.25) is 0 Å². The second-order valence-corrected chi connectivity index (χ2v) is 4.27. The highest BCUT2D eigenvalue weighted by Gasteiger charge is 2.42. The maximum Gasteiger partial charge on any atom is -0.0297 e. The van der Waals surface area contributed by atoms with Crippen molar-refractivity contribution in [1.82, 2.24) is 0 Å². The van der Waals surface area contributed by atoms with Gasteiger partial charge in [-0.3, -0.25) is 0 Å². The van der Waals surface area contributed by atoms with Crippen LogP contribution in [0.1, 0.15) is 65.2 Å². The van der Waals surface area contributed by atoms with Crippen molar-refractivity contribution >= 4 is 0 Å². The molecule has 0 bridgehead atoms. The third kappa shape index (κ3) is 2.84. The highest BCUT2D eigenvalue weighted by Crippen LogP contribution is 2.55. The molecule has 66 valence electrons. The SMILES string of the molecule is C1CCC2(CC1)CC2.CCC. The van der Waals surface area contributed by atoms with Gasteiger partial charge >= 0.3 is 0 Å². The van der Waals surface area contributed by atoms with Gasteiger partial charge in [0.1, 0.15) is 0 Å². The summed E-state index contributed by atoms with van der Waals surface area (Å²) in [4.78, 5) is 0. The lowest BCUT2D eigenvalue weighted by Gasteiger charge is -2.19. The lowest BCUT2D eigenvalue weighted by Crippen LogP contribution is -2.05. The molecule has 2 aliphatic carbocycles. The highest BCUT2D eigenvalue weighted by molar-refractivity contribution is 4.94. The molecule has 11 heavy (non-hydrogen) atoms. The Kier molecular flexibility index (Phi) is 3.42. The van der Waals surface area contributed by atoms with E-state index in [0.29, 0.717) is 0 Å². The van der Waals surface area contributed by atoms with Crippen LogP contribution in [0.25, 0.3) is 0 Å². The molecular weight excluding hydrogens is 132 g/mol. The van der Waals surface area contributed by atoms with Gasteiger partial charge in [0.25, 0.3) is 0 Å². The number of hydrogen-bond acceptors (Lipinski definition) is 0. The van der Waals surface area contributed by atoms with Crippen LogP contribution in [0.15, 0.2) is 0 Å². The van der Waals surface area contributed by atoms with Crippen LogP contribution in [0.5, 0.6) is 0 Å². The molecule has 2 saturated carbocycles. The molecule has 0 atom stereocenters. The molecule has 2 fully saturated rings. The van der Waals surface area contributed by atoms with Gasteiger partial charge in [-0.2, -0.15) is 0 Å². The van der Waals surface area contributed by atoms with Crippen molar-refractivity contribution in [2.75, 3.05) is 0 Å². The van der Waals surface area contributed by atoms with E-state index < -0.39 is 0 Å². The van der Waals surface area contributed by atoms with Gasteiger partial charge in [0, 0.05) is 0 Å². The summed E-state index contributed by atoms with van der Waals surface area (Å²) in [6.07, 6.45) is 12.1. The zero-order valence-electron chi connectivity index (χ0n) is 8.16. The minimum Gasteiger partial charge on any atom is -0.0656 e. The minimum atomic E-state index is 0.929. The normalized spacial score (nSPS) is 25.6.